The molecular formula is C17H24N2OS. The van der Waals surface area contributed by atoms with Crippen molar-refractivity contribution in [1.29, 1.82) is 0 Å². The summed E-state index contributed by atoms with van der Waals surface area (Å²) >= 11 is 1.67. The number of aromatic nitrogens is 1. The van der Waals surface area contributed by atoms with Crippen molar-refractivity contribution >= 4 is 11.3 Å². The first kappa shape index (κ1) is 16.0. The highest BCUT2D eigenvalue weighted by Crippen LogP contribution is 2.27. The van der Waals surface area contributed by atoms with E-state index in [9.17, 15) is 0 Å². The molecule has 0 atom stereocenters. The molecular weight excluding hydrogens is 280 g/mol. The molecule has 1 N–H and O–H groups in total. The highest BCUT2D eigenvalue weighted by Gasteiger charge is 2.17. The van der Waals surface area contributed by atoms with E-state index in [1.54, 1.807) is 11.3 Å². The SMILES string of the molecule is CNCc1cccc(C)c1OCc1nc(C(C)(C)C)cs1. The molecule has 1 heterocycles. The number of para-hydroxylation sites is 1. The first-order valence-corrected chi connectivity index (χ1v) is 8.10. The van der Waals surface area contributed by atoms with Gasteiger partial charge in [0.1, 0.15) is 17.4 Å². The van der Waals surface area contributed by atoms with Crippen LogP contribution < -0.4 is 10.1 Å². The van der Waals surface area contributed by atoms with Crippen molar-refractivity contribution < 1.29 is 4.74 Å². The fourth-order valence-electron chi connectivity index (χ4n) is 2.10. The van der Waals surface area contributed by atoms with Crippen molar-refractivity contribution in [2.24, 2.45) is 0 Å². The second-order valence-electron chi connectivity index (χ2n) is 6.26. The van der Waals surface area contributed by atoms with Gasteiger partial charge >= 0.3 is 0 Å². The fraction of sp³-hybridized carbons (Fsp3) is 0.471. The molecule has 4 heteroatoms. The highest BCUT2D eigenvalue weighted by atomic mass is 32.1. The Kier molecular flexibility index (Phi) is 5.01. The maximum Gasteiger partial charge on any atom is 0.140 e. The molecule has 0 aliphatic carbocycles. The third-order valence-corrected chi connectivity index (χ3v) is 4.14. The molecule has 114 valence electrons. The Bertz CT molecular complexity index is 599. The molecule has 0 aliphatic rings. The Morgan fingerprint density at radius 1 is 1.29 bits per heavy atom. The van der Waals surface area contributed by atoms with E-state index in [2.05, 4.69) is 61.6 Å². The van der Waals surface area contributed by atoms with Gasteiger partial charge in [0.2, 0.25) is 0 Å². The number of benzene rings is 1. The zero-order chi connectivity index (χ0) is 15.5. The summed E-state index contributed by atoms with van der Waals surface area (Å²) in [5.41, 5.74) is 3.57. The average molecular weight is 304 g/mol. The molecule has 0 amide bonds. The van der Waals surface area contributed by atoms with Gasteiger partial charge in [-0.3, -0.25) is 0 Å². The van der Waals surface area contributed by atoms with Crippen molar-refractivity contribution in [3.05, 3.63) is 45.4 Å². The first-order valence-electron chi connectivity index (χ1n) is 7.22. The molecule has 21 heavy (non-hydrogen) atoms. The molecule has 0 aliphatic heterocycles. The molecule has 0 spiro atoms. The zero-order valence-corrected chi connectivity index (χ0v) is 14.3. The lowest BCUT2D eigenvalue weighted by molar-refractivity contribution is 0.299. The number of ether oxygens (including phenoxy) is 1. The predicted molar refractivity (Wildman–Crippen MR) is 89.1 cm³/mol. The van der Waals surface area contributed by atoms with Gasteiger partial charge in [0, 0.05) is 22.9 Å². The van der Waals surface area contributed by atoms with Gasteiger partial charge < -0.3 is 10.1 Å². The van der Waals surface area contributed by atoms with Gasteiger partial charge in [0.05, 0.1) is 5.69 Å². The summed E-state index contributed by atoms with van der Waals surface area (Å²) in [6, 6.07) is 6.24. The van der Waals surface area contributed by atoms with Crippen molar-refractivity contribution in [3.63, 3.8) is 0 Å². The number of nitrogens with one attached hydrogen (secondary N) is 1. The van der Waals surface area contributed by atoms with E-state index in [0.29, 0.717) is 6.61 Å². The molecule has 0 unspecified atom stereocenters. The van der Waals surface area contributed by atoms with Crippen LogP contribution in [0.2, 0.25) is 0 Å². The summed E-state index contributed by atoms with van der Waals surface area (Å²) in [6.07, 6.45) is 0. The Morgan fingerprint density at radius 2 is 2.05 bits per heavy atom. The van der Waals surface area contributed by atoms with Gasteiger partial charge in [0.15, 0.2) is 0 Å². The van der Waals surface area contributed by atoms with Crippen LogP contribution in [0.3, 0.4) is 0 Å². The van der Waals surface area contributed by atoms with Crippen molar-refractivity contribution in [3.8, 4) is 5.75 Å². The van der Waals surface area contributed by atoms with Crippen LogP contribution in [0.5, 0.6) is 5.75 Å². The predicted octanol–water partition coefficient (Wildman–Crippen LogP) is 4.05. The average Bonchev–Trinajstić information content (AvgIpc) is 2.87. The van der Waals surface area contributed by atoms with Gasteiger partial charge in [-0.15, -0.1) is 11.3 Å². The molecule has 0 saturated carbocycles. The topological polar surface area (TPSA) is 34.1 Å². The van der Waals surface area contributed by atoms with Crippen LogP contribution in [0.1, 0.15) is 42.6 Å². The Hall–Kier alpha value is -1.39. The molecule has 0 fully saturated rings. The van der Waals surface area contributed by atoms with Crippen LogP contribution in [-0.2, 0) is 18.6 Å². The second-order valence-corrected chi connectivity index (χ2v) is 7.20. The largest absolute Gasteiger partial charge is 0.486 e. The first-order chi connectivity index (χ1) is 9.91. The molecule has 0 radical (unpaired) electrons. The summed E-state index contributed by atoms with van der Waals surface area (Å²) in [7, 11) is 1.95. The van der Waals surface area contributed by atoms with Crippen LogP contribution in [0.15, 0.2) is 23.6 Å². The highest BCUT2D eigenvalue weighted by molar-refractivity contribution is 7.09. The lowest BCUT2D eigenvalue weighted by Gasteiger charge is -2.15. The number of thiazole rings is 1. The molecule has 3 nitrogen and oxygen atoms in total. The molecule has 2 rings (SSSR count). The van der Waals surface area contributed by atoms with Gasteiger partial charge in [-0.2, -0.15) is 0 Å². The summed E-state index contributed by atoms with van der Waals surface area (Å²) in [4.78, 5) is 4.68. The van der Waals surface area contributed by atoms with E-state index in [1.165, 1.54) is 5.56 Å². The normalized spacial score (nSPS) is 11.7. The minimum Gasteiger partial charge on any atom is -0.486 e. The fourth-order valence-corrected chi connectivity index (χ4v) is 3.04. The van der Waals surface area contributed by atoms with E-state index in [-0.39, 0.29) is 5.41 Å². The molecule has 1 aromatic heterocycles. The zero-order valence-electron chi connectivity index (χ0n) is 13.5. The van der Waals surface area contributed by atoms with Gasteiger partial charge in [-0.1, -0.05) is 39.0 Å². The van der Waals surface area contributed by atoms with Gasteiger partial charge in [-0.05, 0) is 19.5 Å². The summed E-state index contributed by atoms with van der Waals surface area (Å²) in [6.45, 7) is 9.96. The monoisotopic (exact) mass is 304 g/mol. The van der Waals surface area contributed by atoms with Crippen LogP contribution in [0, 0.1) is 6.92 Å². The molecule has 0 saturated heterocycles. The minimum atomic E-state index is 0.0920. The number of rotatable bonds is 5. The molecule has 0 bridgehead atoms. The Balaban J connectivity index is 2.11. The third kappa shape index (κ3) is 4.05. The van der Waals surface area contributed by atoms with E-state index in [1.807, 2.05) is 7.05 Å². The Morgan fingerprint density at radius 3 is 2.67 bits per heavy atom. The van der Waals surface area contributed by atoms with E-state index < -0.39 is 0 Å². The van der Waals surface area contributed by atoms with E-state index in [4.69, 9.17) is 4.74 Å². The smallest absolute Gasteiger partial charge is 0.140 e. The summed E-state index contributed by atoms with van der Waals surface area (Å²) in [5.74, 6) is 0.972. The quantitative estimate of drug-likeness (QED) is 0.905. The van der Waals surface area contributed by atoms with Crippen LogP contribution in [0.25, 0.3) is 0 Å². The second kappa shape index (κ2) is 6.58. The van der Waals surface area contributed by atoms with E-state index in [0.717, 1.165) is 28.6 Å². The lowest BCUT2D eigenvalue weighted by atomic mass is 9.93. The van der Waals surface area contributed by atoms with Gasteiger partial charge in [0.25, 0.3) is 0 Å². The molecule has 2 aromatic rings. The standard InChI is InChI=1S/C17H24N2OS/c1-12-7-6-8-13(9-18-5)16(12)20-10-15-19-14(11-21-15)17(2,3)4/h6-8,11,18H,9-10H2,1-5H3. The van der Waals surface area contributed by atoms with Crippen LogP contribution in [-0.4, -0.2) is 12.0 Å². The van der Waals surface area contributed by atoms with E-state index >= 15 is 0 Å². The number of nitrogens with zero attached hydrogens (tertiary/aromatic N) is 1. The third-order valence-electron chi connectivity index (χ3n) is 3.32. The number of hydrogen-bond acceptors (Lipinski definition) is 4. The summed E-state index contributed by atoms with van der Waals surface area (Å²) in [5, 5.41) is 6.34. The van der Waals surface area contributed by atoms with Crippen LogP contribution >= 0.6 is 11.3 Å². The number of hydrogen-bond donors (Lipinski definition) is 1. The van der Waals surface area contributed by atoms with Gasteiger partial charge in [-0.25, -0.2) is 4.98 Å². The summed E-state index contributed by atoms with van der Waals surface area (Å²) < 4.78 is 6.04. The number of aryl methyl sites for hydroxylation is 1. The van der Waals surface area contributed by atoms with Crippen molar-refractivity contribution in [1.82, 2.24) is 10.3 Å². The molecule has 1 aromatic carbocycles. The maximum atomic E-state index is 6.04. The Labute approximate surface area is 131 Å². The lowest BCUT2D eigenvalue weighted by Crippen LogP contribution is -2.12. The van der Waals surface area contributed by atoms with Crippen molar-refractivity contribution in [2.45, 2.75) is 46.3 Å². The maximum absolute atomic E-state index is 6.04. The minimum absolute atomic E-state index is 0.0920. The van der Waals surface area contributed by atoms with Crippen molar-refractivity contribution in [2.75, 3.05) is 7.05 Å². The van der Waals surface area contributed by atoms with Crippen LogP contribution in [0.4, 0.5) is 0 Å².